The molecule has 0 radical (unpaired) electrons. The van der Waals surface area contributed by atoms with E-state index in [4.69, 9.17) is 0 Å². The first kappa shape index (κ1) is 22.4. The summed E-state index contributed by atoms with van der Waals surface area (Å²) in [4.78, 5) is 0.297. The van der Waals surface area contributed by atoms with Crippen molar-refractivity contribution in [3.05, 3.63) is 136 Å². The molecule has 0 bridgehead atoms. The molecule has 0 amide bonds. The van der Waals surface area contributed by atoms with Crippen molar-refractivity contribution in [3.63, 3.8) is 0 Å². The van der Waals surface area contributed by atoms with Crippen LogP contribution in [0.1, 0.15) is 28.2 Å². The monoisotopic (exact) mass is 483 g/mol. The number of benzene rings is 3. The largest absolute Gasteiger partial charge is 0.265 e. The molecule has 1 atom stereocenters. The van der Waals surface area contributed by atoms with Crippen molar-refractivity contribution in [1.29, 1.82) is 0 Å². The minimum Gasteiger partial charge on any atom is -0.265 e. The van der Waals surface area contributed by atoms with Crippen LogP contribution in [0.5, 0.6) is 0 Å². The standard InChI is InChI=1S/C29H25NO2S2/c1-22-12-14-28(15-13-22)34(31,32)30-20-27(23-8-4-2-5-9-23)18-26(25-16-17-33-21-25)19-29(30)24-10-6-3-7-11-24/h2-19,21,27H,20H2,1H3/t27-/m1/s1. The number of rotatable bonds is 5. The number of hydrogen-bond acceptors (Lipinski definition) is 3. The molecule has 170 valence electrons. The van der Waals surface area contributed by atoms with Gasteiger partial charge in [-0.15, -0.1) is 0 Å². The fraction of sp³-hybridized carbons (Fsp3) is 0.103. The van der Waals surface area contributed by atoms with Gasteiger partial charge in [0.1, 0.15) is 0 Å². The molecule has 5 heteroatoms. The normalized spacial score (nSPS) is 16.5. The fourth-order valence-corrected chi connectivity index (χ4v) is 6.40. The fourth-order valence-electron chi connectivity index (χ4n) is 4.23. The molecule has 0 aliphatic carbocycles. The van der Waals surface area contributed by atoms with E-state index in [9.17, 15) is 8.42 Å². The maximum absolute atomic E-state index is 14.1. The van der Waals surface area contributed by atoms with Gasteiger partial charge in [-0.2, -0.15) is 11.3 Å². The molecule has 5 rings (SSSR count). The molecule has 0 saturated heterocycles. The van der Waals surface area contributed by atoms with Crippen molar-refractivity contribution < 1.29 is 8.42 Å². The van der Waals surface area contributed by atoms with Crippen LogP contribution in [0.15, 0.2) is 119 Å². The summed E-state index contributed by atoms with van der Waals surface area (Å²) in [5, 5.41) is 4.16. The van der Waals surface area contributed by atoms with Crippen LogP contribution in [0, 0.1) is 6.92 Å². The van der Waals surface area contributed by atoms with Crippen LogP contribution in [-0.2, 0) is 10.0 Å². The first-order chi connectivity index (χ1) is 16.5. The second-order valence-corrected chi connectivity index (χ2v) is 11.0. The lowest BCUT2D eigenvalue weighted by molar-refractivity contribution is 0.499. The average Bonchev–Trinajstić information content (AvgIpc) is 3.32. The van der Waals surface area contributed by atoms with Gasteiger partial charge in [-0.3, -0.25) is 4.31 Å². The molecular formula is C29H25NO2S2. The van der Waals surface area contributed by atoms with Crippen LogP contribution in [0.25, 0.3) is 11.3 Å². The first-order valence-corrected chi connectivity index (χ1v) is 13.6. The Balaban J connectivity index is 1.71. The Kier molecular flexibility index (Phi) is 6.22. The van der Waals surface area contributed by atoms with Crippen LogP contribution < -0.4 is 0 Å². The number of nitrogens with zero attached hydrogens (tertiary/aromatic N) is 1. The average molecular weight is 484 g/mol. The quantitative estimate of drug-likeness (QED) is 0.307. The maximum Gasteiger partial charge on any atom is 0.264 e. The van der Waals surface area contributed by atoms with Crippen LogP contribution in [0.3, 0.4) is 0 Å². The lowest BCUT2D eigenvalue weighted by atomic mass is 9.95. The minimum absolute atomic E-state index is 0.103. The van der Waals surface area contributed by atoms with E-state index in [0.29, 0.717) is 17.1 Å². The van der Waals surface area contributed by atoms with Crippen molar-refractivity contribution in [2.75, 3.05) is 6.54 Å². The van der Waals surface area contributed by atoms with E-state index >= 15 is 0 Å². The Morgan fingerprint density at radius 3 is 2.15 bits per heavy atom. The molecular weight excluding hydrogens is 458 g/mol. The summed E-state index contributed by atoms with van der Waals surface area (Å²) in [7, 11) is -3.80. The second kappa shape index (κ2) is 9.45. The summed E-state index contributed by atoms with van der Waals surface area (Å²) in [5.74, 6) is -0.103. The van der Waals surface area contributed by atoms with Gasteiger partial charge in [-0.1, -0.05) is 84.4 Å². The van der Waals surface area contributed by atoms with Crippen molar-refractivity contribution in [1.82, 2.24) is 4.31 Å². The Morgan fingerprint density at radius 1 is 0.824 bits per heavy atom. The molecule has 0 spiro atoms. The van der Waals surface area contributed by atoms with Gasteiger partial charge in [-0.05, 0) is 64.2 Å². The predicted molar refractivity (Wildman–Crippen MR) is 141 cm³/mol. The number of aryl methyl sites for hydroxylation is 1. The summed E-state index contributed by atoms with van der Waals surface area (Å²) < 4.78 is 29.7. The van der Waals surface area contributed by atoms with Crippen molar-refractivity contribution >= 4 is 32.6 Å². The number of sulfonamides is 1. The zero-order valence-electron chi connectivity index (χ0n) is 18.8. The van der Waals surface area contributed by atoms with Gasteiger partial charge >= 0.3 is 0 Å². The molecule has 1 aromatic heterocycles. The minimum atomic E-state index is -3.80. The van der Waals surface area contributed by atoms with Crippen molar-refractivity contribution in [3.8, 4) is 0 Å². The van der Waals surface area contributed by atoms with E-state index < -0.39 is 10.0 Å². The first-order valence-electron chi connectivity index (χ1n) is 11.2. The van der Waals surface area contributed by atoms with E-state index in [1.165, 1.54) is 0 Å². The molecule has 34 heavy (non-hydrogen) atoms. The second-order valence-electron chi connectivity index (χ2n) is 8.40. The predicted octanol–water partition coefficient (Wildman–Crippen LogP) is 6.97. The molecule has 0 N–H and O–H groups in total. The highest BCUT2D eigenvalue weighted by Gasteiger charge is 2.32. The lowest BCUT2D eigenvalue weighted by Crippen LogP contribution is -2.32. The third-order valence-electron chi connectivity index (χ3n) is 6.06. The van der Waals surface area contributed by atoms with Gasteiger partial charge in [0.25, 0.3) is 10.0 Å². The molecule has 2 heterocycles. The highest BCUT2D eigenvalue weighted by atomic mass is 32.2. The topological polar surface area (TPSA) is 37.4 Å². The van der Waals surface area contributed by atoms with E-state index in [1.54, 1.807) is 27.8 Å². The molecule has 1 aliphatic rings. The number of allylic oxidation sites excluding steroid dienone is 2. The zero-order chi connectivity index (χ0) is 23.5. The number of thiophene rings is 1. The van der Waals surface area contributed by atoms with Crippen LogP contribution in [-0.4, -0.2) is 19.3 Å². The SMILES string of the molecule is Cc1ccc(S(=O)(=O)N2C[C@H](c3ccccc3)C=C(c3ccsc3)C=C2c2ccccc2)cc1. The Labute approximate surface area is 205 Å². The van der Waals surface area contributed by atoms with Gasteiger partial charge < -0.3 is 0 Å². The molecule has 3 nitrogen and oxygen atoms in total. The molecule has 3 aromatic carbocycles. The highest BCUT2D eigenvalue weighted by molar-refractivity contribution is 7.89. The van der Waals surface area contributed by atoms with Gasteiger partial charge in [0.05, 0.1) is 10.6 Å². The molecule has 4 aromatic rings. The van der Waals surface area contributed by atoms with Crippen molar-refractivity contribution in [2.24, 2.45) is 0 Å². The summed E-state index contributed by atoms with van der Waals surface area (Å²) in [6.45, 7) is 2.27. The molecule has 1 aliphatic heterocycles. The molecule has 0 unspecified atom stereocenters. The summed E-state index contributed by atoms with van der Waals surface area (Å²) in [6.07, 6.45) is 4.22. The zero-order valence-corrected chi connectivity index (χ0v) is 20.5. The number of hydrogen-bond donors (Lipinski definition) is 0. The van der Waals surface area contributed by atoms with Gasteiger partial charge in [0.15, 0.2) is 0 Å². The Bertz CT molecular complexity index is 1420. The van der Waals surface area contributed by atoms with Gasteiger partial charge in [0, 0.05) is 12.5 Å². The van der Waals surface area contributed by atoms with Gasteiger partial charge in [0.2, 0.25) is 0 Å². The summed E-state index contributed by atoms with van der Waals surface area (Å²) >= 11 is 1.64. The Morgan fingerprint density at radius 2 is 1.50 bits per heavy atom. The van der Waals surface area contributed by atoms with Crippen LogP contribution in [0.2, 0.25) is 0 Å². The third kappa shape index (κ3) is 4.49. The summed E-state index contributed by atoms with van der Waals surface area (Å²) in [5.41, 5.74) is 5.77. The van der Waals surface area contributed by atoms with E-state index in [2.05, 4.69) is 35.0 Å². The lowest BCUT2D eigenvalue weighted by Gasteiger charge is -2.29. The molecule has 0 saturated carbocycles. The van der Waals surface area contributed by atoms with E-state index in [-0.39, 0.29) is 5.92 Å². The van der Waals surface area contributed by atoms with E-state index in [1.807, 2.05) is 73.7 Å². The van der Waals surface area contributed by atoms with Crippen LogP contribution >= 0.6 is 11.3 Å². The van der Waals surface area contributed by atoms with Crippen LogP contribution in [0.4, 0.5) is 0 Å². The van der Waals surface area contributed by atoms with Crippen molar-refractivity contribution in [2.45, 2.75) is 17.7 Å². The smallest absolute Gasteiger partial charge is 0.264 e. The highest BCUT2D eigenvalue weighted by Crippen LogP contribution is 2.38. The van der Waals surface area contributed by atoms with Gasteiger partial charge in [-0.25, -0.2) is 8.42 Å². The molecule has 0 fully saturated rings. The maximum atomic E-state index is 14.1. The van der Waals surface area contributed by atoms with E-state index in [0.717, 1.165) is 27.8 Å². The summed E-state index contributed by atoms with van der Waals surface area (Å²) in [6, 6.07) is 29.1. The Hall–Kier alpha value is -3.41. The third-order valence-corrected chi connectivity index (χ3v) is 8.54.